The van der Waals surface area contributed by atoms with Crippen LogP contribution in [-0.2, 0) is 9.59 Å². The van der Waals surface area contributed by atoms with Crippen LogP contribution in [0.2, 0.25) is 0 Å². The summed E-state index contributed by atoms with van der Waals surface area (Å²) >= 11 is 5.24. The second kappa shape index (κ2) is 2.86. The van der Waals surface area contributed by atoms with Crippen LogP contribution in [0, 0.1) is 10.1 Å². The van der Waals surface area contributed by atoms with Crippen LogP contribution in [0.1, 0.15) is 0 Å². The molecule has 12 heavy (non-hydrogen) atoms. The number of nitrogens with zero attached hydrogens (tertiary/aromatic N) is 1. The molecule has 0 aromatic rings. The molecule has 0 aromatic carbocycles. The van der Waals surface area contributed by atoms with Gasteiger partial charge in [0.2, 0.25) is 5.78 Å². The maximum atomic E-state index is 10.8. The molecule has 6 heteroatoms. The number of ketones is 2. The third-order valence-electron chi connectivity index (χ3n) is 1.23. The fourth-order valence-corrected chi connectivity index (χ4v) is 0.924. The predicted octanol–water partition coefficient (Wildman–Crippen LogP) is 0.421. The Balaban J connectivity index is 3.24. The maximum Gasteiger partial charge on any atom is 0.338 e. The van der Waals surface area contributed by atoms with Gasteiger partial charge in [0.05, 0.1) is 4.92 Å². The van der Waals surface area contributed by atoms with Crippen LogP contribution in [0.3, 0.4) is 0 Å². The van der Waals surface area contributed by atoms with Crippen molar-refractivity contribution in [2.24, 2.45) is 0 Å². The van der Waals surface area contributed by atoms with Crippen LogP contribution < -0.4 is 0 Å². The molecule has 0 radical (unpaired) electrons. The van der Waals surface area contributed by atoms with E-state index < -0.39 is 27.2 Å². The van der Waals surface area contributed by atoms with Crippen molar-refractivity contribution in [1.82, 2.24) is 0 Å². The average molecular weight is 188 g/mol. The molecule has 0 saturated heterocycles. The van der Waals surface area contributed by atoms with Crippen molar-refractivity contribution in [2.45, 2.75) is 0 Å². The third kappa shape index (κ3) is 1.26. The fraction of sp³-hybridized carbons (Fsp3) is 0. The topological polar surface area (TPSA) is 77.3 Å². The lowest BCUT2D eigenvalue weighted by molar-refractivity contribution is -0.418. The minimum Gasteiger partial charge on any atom is -0.288 e. The van der Waals surface area contributed by atoms with Crippen LogP contribution in [0.4, 0.5) is 0 Å². The predicted molar refractivity (Wildman–Crippen MR) is 39.0 cm³/mol. The zero-order chi connectivity index (χ0) is 9.30. The molecule has 0 amide bonds. The molecule has 1 rings (SSSR count). The lowest BCUT2D eigenvalue weighted by atomic mass is 10.1. The van der Waals surface area contributed by atoms with E-state index in [0.29, 0.717) is 0 Å². The number of rotatable bonds is 1. The van der Waals surface area contributed by atoms with Gasteiger partial charge < -0.3 is 0 Å². The molecule has 0 bridgehead atoms. The molecule has 0 unspecified atom stereocenters. The Morgan fingerprint density at radius 3 is 2.17 bits per heavy atom. The summed E-state index contributed by atoms with van der Waals surface area (Å²) in [6.07, 6.45) is 1.73. The van der Waals surface area contributed by atoms with Crippen LogP contribution in [0.25, 0.3) is 0 Å². The van der Waals surface area contributed by atoms with E-state index in [1.807, 2.05) is 0 Å². The summed E-state index contributed by atoms with van der Waals surface area (Å²) in [5.41, 5.74) is -0.857. The molecule has 0 saturated carbocycles. The van der Waals surface area contributed by atoms with E-state index in [-0.39, 0.29) is 0 Å². The molecule has 0 atom stereocenters. The summed E-state index contributed by atoms with van der Waals surface area (Å²) in [5, 5.41) is 9.55. The van der Waals surface area contributed by atoms with Gasteiger partial charge in [-0.05, 0) is 12.2 Å². The highest BCUT2D eigenvalue weighted by atomic mass is 35.5. The number of halogens is 1. The van der Waals surface area contributed by atoms with Gasteiger partial charge in [0.1, 0.15) is 0 Å². The summed E-state index contributed by atoms with van der Waals surface area (Å²) in [6.45, 7) is 0. The standard InChI is InChI=1S/C6H2ClNO4/c7-5-3(9)1-2-4(10)6(5)8(11)12/h1-2H. The number of hydrogen-bond acceptors (Lipinski definition) is 4. The van der Waals surface area contributed by atoms with E-state index in [4.69, 9.17) is 11.6 Å². The first-order chi connectivity index (χ1) is 5.54. The van der Waals surface area contributed by atoms with Crippen molar-refractivity contribution in [2.75, 3.05) is 0 Å². The van der Waals surface area contributed by atoms with Crippen molar-refractivity contribution in [1.29, 1.82) is 0 Å². The highest BCUT2D eigenvalue weighted by Crippen LogP contribution is 2.17. The van der Waals surface area contributed by atoms with E-state index in [9.17, 15) is 19.7 Å². The van der Waals surface area contributed by atoms with E-state index in [0.717, 1.165) is 12.2 Å². The van der Waals surface area contributed by atoms with Gasteiger partial charge in [-0.2, -0.15) is 0 Å². The molecular weight excluding hydrogens is 186 g/mol. The maximum absolute atomic E-state index is 10.8. The molecule has 0 fully saturated rings. The first-order valence-corrected chi connectivity index (χ1v) is 3.22. The zero-order valence-corrected chi connectivity index (χ0v) is 6.37. The van der Waals surface area contributed by atoms with E-state index in [1.54, 1.807) is 0 Å². The Morgan fingerprint density at radius 1 is 1.25 bits per heavy atom. The quantitative estimate of drug-likeness (QED) is 0.339. The average Bonchev–Trinajstić information content (AvgIpc) is 1.97. The van der Waals surface area contributed by atoms with Gasteiger partial charge in [-0.25, -0.2) is 0 Å². The molecular formula is C6H2ClNO4. The monoisotopic (exact) mass is 187 g/mol. The third-order valence-corrected chi connectivity index (χ3v) is 1.59. The minimum atomic E-state index is -0.966. The lowest BCUT2D eigenvalue weighted by Gasteiger charge is -2.00. The Bertz CT molecular complexity index is 341. The van der Waals surface area contributed by atoms with Gasteiger partial charge >= 0.3 is 5.70 Å². The van der Waals surface area contributed by atoms with Crippen molar-refractivity contribution >= 4 is 23.2 Å². The van der Waals surface area contributed by atoms with Gasteiger partial charge in [-0.3, -0.25) is 19.7 Å². The smallest absolute Gasteiger partial charge is 0.288 e. The molecule has 0 aliphatic heterocycles. The Morgan fingerprint density at radius 2 is 1.75 bits per heavy atom. The van der Waals surface area contributed by atoms with E-state index in [2.05, 4.69) is 0 Å². The summed E-state index contributed by atoms with van der Waals surface area (Å²) in [5.74, 6) is -1.58. The van der Waals surface area contributed by atoms with Crippen molar-refractivity contribution < 1.29 is 14.5 Å². The normalized spacial score (nSPS) is 17.1. The largest absolute Gasteiger partial charge is 0.338 e. The van der Waals surface area contributed by atoms with Crippen molar-refractivity contribution in [3.8, 4) is 0 Å². The first-order valence-electron chi connectivity index (χ1n) is 2.85. The van der Waals surface area contributed by atoms with E-state index >= 15 is 0 Å². The summed E-state index contributed by atoms with van der Waals surface area (Å²) in [7, 11) is 0. The summed E-state index contributed by atoms with van der Waals surface area (Å²) in [4.78, 5) is 30.7. The Labute approximate surface area is 71.5 Å². The summed E-state index contributed by atoms with van der Waals surface area (Å²) in [6, 6.07) is 0. The Kier molecular flexibility index (Phi) is 2.05. The van der Waals surface area contributed by atoms with Gasteiger partial charge in [0.25, 0.3) is 5.78 Å². The van der Waals surface area contributed by atoms with Crippen molar-refractivity contribution in [3.63, 3.8) is 0 Å². The second-order valence-corrected chi connectivity index (χ2v) is 2.36. The molecule has 1 aliphatic carbocycles. The number of carbonyl (C=O) groups is 2. The highest BCUT2D eigenvalue weighted by Gasteiger charge is 2.31. The zero-order valence-electron chi connectivity index (χ0n) is 5.61. The molecule has 5 nitrogen and oxygen atoms in total. The summed E-state index contributed by atoms with van der Waals surface area (Å²) < 4.78 is 0. The minimum absolute atomic E-state index is 0.632. The fourth-order valence-electron chi connectivity index (χ4n) is 0.698. The lowest BCUT2D eigenvalue weighted by Crippen LogP contribution is -2.17. The number of nitro groups is 1. The number of carbonyl (C=O) groups excluding carboxylic acids is 2. The number of hydrogen-bond donors (Lipinski definition) is 0. The SMILES string of the molecule is O=C1C=CC(=O)C([N+](=O)[O-])=C1Cl. The van der Waals surface area contributed by atoms with Gasteiger partial charge in [0.15, 0.2) is 5.03 Å². The Hall–Kier alpha value is -1.49. The van der Waals surface area contributed by atoms with Crippen LogP contribution in [0.5, 0.6) is 0 Å². The van der Waals surface area contributed by atoms with Crippen LogP contribution in [0.15, 0.2) is 22.9 Å². The number of allylic oxidation sites excluding steroid dienone is 3. The molecule has 0 heterocycles. The van der Waals surface area contributed by atoms with E-state index in [1.165, 1.54) is 0 Å². The molecule has 0 spiro atoms. The highest BCUT2D eigenvalue weighted by molar-refractivity contribution is 6.47. The first kappa shape index (κ1) is 8.61. The molecule has 0 aromatic heterocycles. The van der Waals surface area contributed by atoms with Crippen LogP contribution >= 0.6 is 11.6 Å². The molecule has 0 N–H and O–H groups in total. The van der Waals surface area contributed by atoms with Crippen molar-refractivity contribution in [3.05, 3.63) is 33.0 Å². The van der Waals surface area contributed by atoms with Gasteiger partial charge in [-0.1, -0.05) is 11.6 Å². The van der Waals surface area contributed by atoms with Crippen LogP contribution in [-0.4, -0.2) is 16.5 Å². The van der Waals surface area contributed by atoms with Gasteiger partial charge in [-0.15, -0.1) is 0 Å². The second-order valence-electron chi connectivity index (χ2n) is 1.98. The molecule has 1 aliphatic rings. The van der Waals surface area contributed by atoms with Gasteiger partial charge in [0, 0.05) is 0 Å². The molecule has 62 valence electrons.